The molecule has 0 saturated carbocycles. The first-order valence-corrected chi connectivity index (χ1v) is 11.3. The van der Waals surface area contributed by atoms with Crippen LogP contribution in [-0.4, -0.2) is 42.6 Å². The Morgan fingerprint density at radius 1 is 1.19 bits per heavy atom. The third-order valence-electron chi connectivity index (χ3n) is 6.11. The second-order valence-corrected chi connectivity index (χ2v) is 9.29. The molecule has 1 aromatic carbocycles. The molecule has 2 aliphatic heterocycles. The zero-order valence-corrected chi connectivity index (χ0v) is 17.9. The fraction of sp³-hybridized carbons (Fsp3) is 0.364. The molecule has 1 amide bonds. The number of fused-ring (bicyclic) bond motifs is 3. The molecule has 2 unspecified atom stereocenters. The Kier molecular flexibility index (Phi) is 5.42. The Balaban J connectivity index is 1.25. The molecule has 2 fully saturated rings. The number of hydrogen-bond donors (Lipinski definition) is 3. The fourth-order valence-electron chi connectivity index (χ4n) is 4.54. The summed E-state index contributed by atoms with van der Waals surface area (Å²) in [5.74, 6) is -1.96. The number of carbonyl (C=O) groups excluding carboxylic acids is 1. The van der Waals surface area contributed by atoms with Crippen LogP contribution in [0.15, 0.2) is 24.4 Å². The highest BCUT2D eigenvalue weighted by Crippen LogP contribution is 2.33. The van der Waals surface area contributed by atoms with Gasteiger partial charge in [-0.25, -0.2) is 18.2 Å². The fourth-order valence-corrected chi connectivity index (χ4v) is 5.50. The summed E-state index contributed by atoms with van der Waals surface area (Å²) in [6.45, 7) is 1.43. The first kappa shape index (κ1) is 21.0. The Hall–Kier alpha value is -2.85. The van der Waals surface area contributed by atoms with Crippen LogP contribution in [0.1, 0.15) is 28.1 Å². The van der Waals surface area contributed by atoms with E-state index in [-0.39, 0.29) is 34.8 Å². The first-order valence-electron chi connectivity index (χ1n) is 10.5. The molecule has 2 aliphatic rings. The monoisotopic (exact) mass is 461 g/mol. The molecule has 32 heavy (non-hydrogen) atoms. The highest BCUT2D eigenvalue weighted by molar-refractivity contribution is 7.21. The smallest absolute Gasteiger partial charge is 0.263 e. The summed E-state index contributed by atoms with van der Waals surface area (Å²) in [5, 5.41) is 6.52. The van der Waals surface area contributed by atoms with Gasteiger partial charge in [-0.2, -0.15) is 0 Å². The highest BCUT2D eigenvalue weighted by Gasteiger charge is 2.33. The van der Waals surface area contributed by atoms with Crippen LogP contribution in [0.3, 0.4) is 0 Å². The molecule has 2 bridgehead atoms. The van der Waals surface area contributed by atoms with Crippen LogP contribution in [0.4, 0.5) is 24.5 Å². The molecule has 2 atom stereocenters. The van der Waals surface area contributed by atoms with Crippen molar-refractivity contribution in [1.29, 1.82) is 0 Å². The standard InChI is InChI=1S/C22H22F3N5OS/c23-12-6-15-19(26)20(32-22(15)28-8-12)21(31)27-4-3-11-5-17(25)18(7-16(11)24)30-9-13-1-2-14(10-30)29-13/h5-8,13-14,29H,1-4,9-10,26H2,(H,27,31). The normalized spacial score (nSPS) is 20.2. The number of hydrogen-bond acceptors (Lipinski definition) is 6. The van der Waals surface area contributed by atoms with Gasteiger partial charge >= 0.3 is 0 Å². The second-order valence-electron chi connectivity index (χ2n) is 8.29. The van der Waals surface area contributed by atoms with E-state index in [0.717, 1.165) is 30.4 Å². The van der Waals surface area contributed by atoms with Gasteiger partial charge in [-0.05, 0) is 37.0 Å². The van der Waals surface area contributed by atoms with Crippen LogP contribution < -0.4 is 21.3 Å². The molecule has 0 aliphatic carbocycles. The van der Waals surface area contributed by atoms with Crippen LogP contribution in [0.25, 0.3) is 10.2 Å². The van der Waals surface area contributed by atoms with Crippen molar-refractivity contribution < 1.29 is 18.0 Å². The molecule has 3 aromatic rings. The van der Waals surface area contributed by atoms with Gasteiger partial charge < -0.3 is 21.3 Å². The highest BCUT2D eigenvalue weighted by atomic mass is 32.1. The molecular weight excluding hydrogens is 439 g/mol. The van der Waals surface area contributed by atoms with Gasteiger partial charge in [0.25, 0.3) is 5.91 Å². The lowest BCUT2D eigenvalue weighted by Crippen LogP contribution is -2.51. The predicted molar refractivity (Wildman–Crippen MR) is 119 cm³/mol. The number of amides is 1. The first-order chi connectivity index (χ1) is 15.4. The van der Waals surface area contributed by atoms with Gasteiger partial charge in [0.2, 0.25) is 0 Å². The number of pyridine rings is 1. The maximum atomic E-state index is 14.8. The summed E-state index contributed by atoms with van der Waals surface area (Å²) >= 11 is 1.06. The van der Waals surface area contributed by atoms with E-state index in [0.29, 0.717) is 35.4 Å². The lowest BCUT2D eigenvalue weighted by molar-refractivity contribution is 0.0959. The minimum absolute atomic E-state index is 0.0990. The Morgan fingerprint density at radius 3 is 2.69 bits per heavy atom. The number of halogens is 3. The molecule has 5 rings (SSSR count). The number of benzene rings is 1. The summed E-state index contributed by atoms with van der Waals surface area (Å²) in [5.41, 5.74) is 6.60. The second kappa shape index (κ2) is 8.25. The van der Waals surface area contributed by atoms with Crippen LogP contribution in [0.2, 0.25) is 0 Å². The lowest BCUT2D eigenvalue weighted by atomic mass is 10.1. The number of carbonyl (C=O) groups is 1. The Labute approximate surface area is 186 Å². The summed E-state index contributed by atoms with van der Waals surface area (Å²) in [6, 6.07) is 4.33. The van der Waals surface area contributed by atoms with Gasteiger partial charge in [-0.1, -0.05) is 0 Å². The number of nitrogens with two attached hydrogens (primary N) is 1. The minimum atomic E-state index is -0.539. The molecule has 4 N–H and O–H groups in total. The van der Waals surface area contributed by atoms with Gasteiger partial charge in [0.1, 0.15) is 27.2 Å². The summed E-state index contributed by atoms with van der Waals surface area (Å²) in [7, 11) is 0. The number of rotatable bonds is 5. The molecule has 4 heterocycles. The number of thiophene rings is 1. The van der Waals surface area contributed by atoms with E-state index in [1.807, 2.05) is 4.90 Å². The van der Waals surface area contributed by atoms with Gasteiger partial charge in [0.15, 0.2) is 0 Å². The largest absolute Gasteiger partial charge is 0.397 e. The maximum Gasteiger partial charge on any atom is 0.263 e. The summed E-state index contributed by atoms with van der Waals surface area (Å²) in [4.78, 5) is 19.0. The Morgan fingerprint density at radius 2 is 1.94 bits per heavy atom. The number of piperazine rings is 1. The SMILES string of the molecule is Nc1c(C(=O)NCCc2cc(F)c(N3CC4CCC(C3)N4)cc2F)sc2ncc(F)cc12. The van der Waals surface area contributed by atoms with E-state index in [4.69, 9.17) is 5.73 Å². The molecule has 0 radical (unpaired) electrons. The van der Waals surface area contributed by atoms with E-state index < -0.39 is 23.4 Å². The van der Waals surface area contributed by atoms with Crippen molar-refractivity contribution in [2.24, 2.45) is 0 Å². The molecule has 2 aromatic heterocycles. The number of aromatic nitrogens is 1. The number of anilines is 2. The van der Waals surface area contributed by atoms with Crippen LogP contribution >= 0.6 is 11.3 Å². The van der Waals surface area contributed by atoms with E-state index >= 15 is 0 Å². The average Bonchev–Trinajstić information content (AvgIpc) is 3.28. The van der Waals surface area contributed by atoms with Crippen molar-refractivity contribution in [2.45, 2.75) is 31.3 Å². The molecule has 0 spiro atoms. The average molecular weight is 462 g/mol. The van der Waals surface area contributed by atoms with Crippen molar-refractivity contribution in [3.05, 3.63) is 52.3 Å². The molecule has 2 saturated heterocycles. The van der Waals surface area contributed by atoms with Crippen LogP contribution in [0.5, 0.6) is 0 Å². The quantitative estimate of drug-likeness (QED) is 0.544. The molecular formula is C22H22F3N5OS. The van der Waals surface area contributed by atoms with Crippen molar-refractivity contribution in [3.8, 4) is 0 Å². The van der Waals surface area contributed by atoms with E-state index in [2.05, 4.69) is 15.6 Å². The predicted octanol–water partition coefficient (Wildman–Crippen LogP) is 3.21. The van der Waals surface area contributed by atoms with Gasteiger partial charge in [0.05, 0.1) is 17.6 Å². The number of nitrogens with one attached hydrogen (secondary N) is 2. The maximum absolute atomic E-state index is 14.8. The zero-order valence-electron chi connectivity index (χ0n) is 17.1. The summed E-state index contributed by atoms with van der Waals surface area (Å²) < 4.78 is 42.9. The summed E-state index contributed by atoms with van der Waals surface area (Å²) in [6.07, 6.45) is 3.29. The van der Waals surface area contributed by atoms with Crippen LogP contribution in [-0.2, 0) is 6.42 Å². The molecule has 10 heteroatoms. The van der Waals surface area contributed by atoms with E-state index in [9.17, 15) is 18.0 Å². The van der Waals surface area contributed by atoms with Gasteiger partial charge in [-0.15, -0.1) is 11.3 Å². The van der Waals surface area contributed by atoms with Crippen molar-refractivity contribution in [3.63, 3.8) is 0 Å². The zero-order chi connectivity index (χ0) is 22.4. The van der Waals surface area contributed by atoms with Gasteiger partial charge in [-0.3, -0.25) is 4.79 Å². The lowest BCUT2D eigenvalue weighted by Gasteiger charge is -2.34. The number of nitrogens with zero attached hydrogens (tertiary/aromatic N) is 2. The van der Waals surface area contributed by atoms with Crippen molar-refractivity contribution in [1.82, 2.24) is 15.6 Å². The molecule has 6 nitrogen and oxygen atoms in total. The number of nitrogen functional groups attached to an aromatic ring is 1. The van der Waals surface area contributed by atoms with Crippen molar-refractivity contribution in [2.75, 3.05) is 30.3 Å². The topological polar surface area (TPSA) is 83.3 Å². The Bertz CT molecular complexity index is 1190. The van der Waals surface area contributed by atoms with Crippen LogP contribution in [0, 0.1) is 17.5 Å². The third kappa shape index (κ3) is 3.88. The molecule has 168 valence electrons. The van der Waals surface area contributed by atoms with Crippen molar-refractivity contribution >= 4 is 38.8 Å². The minimum Gasteiger partial charge on any atom is -0.397 e. The van der Waals surface area contributed by atoms with E-state index in [1.165, 1.54) is 18.2 Å². The van der Waals surface area contributed by atoms with Gasteiger partial charge in [0, 0.05) is 43.2 Å². The third-order valence-corrected chi connectivity index (χ3v) is 7.24. The van der Waals surface area contributed by atoms with E-state index in [1.54, 1.807) is 0 Å².